The Bertz CT molecular complexity index is 1170. The summed E-state index contributed by atoms with van der Waals surface area (Å²) in [5.41, 5.74) is 4.19. The number of aryl methyl sites for hydroxylation is 2. The molecular formula is C23H21N3OS2. The molecule has 0 saturated heterocycles. The molecule has 6 heteroatoms. The molecule has 4 rings (SSSR count). The summed E-state index contributed by atoms with van der Waals surface area (Å²) in [4.78, 5) is 23.7. The Balaban J connectivity index is 1.56. The van der Waals surface area contributed by atoms with E-state index in [-0.39, 0.29) is 11.2 Å². The molecule has 146 valence electrons. The number of aromatic nitrogens is 2. The molecule has 0 spiro atoms. The molecule has 0 radical (unpaired) electrons. The first-order valence-corrected chi connectivity index (χ1v) is 11.1. The maximum absolute atomic E-state index is 12.8. The number of thiophene rings is 1. The van der Waals surface area contributed by atoms with Gasteiger partial charge in [-0.25, -0.2) is 9.97 Å². The van der Waals surface area contributed by atoms with Crippen molar-refractivity contribution in [2.24, 2.45) is 0 Å². The van der Waals surface area contributed by atoms with Gasteiger partial charge in [-0.2, -0.15) is 0 Å². The number of carbonyl (C=O) groups is 1. The Hall–Kier alpha value is -2.70. The van der Waals surface area contributed by atoms with E-state index in [4.69, 9.17) is 0 Å². The molecular weight excluding hydrogens is 398 g/mol. The highest BCUT2D eigenvalue weighted by atomic mass is 32.2. The number of anilines is 1. The molecule has 0 aliphatic heterocycles. The zero-order valence-electron chi connectivity index (χ0n) is 16.5. The van der Waals surface area contributed by atoms with Crippen LogP contribution in [0.5, 0.6) is 0 Å². The monoisotopic (exact) mass is 419 g/mol. The number of nitrogens with zero attached hydrogens (tertiary/aromatic N) is 2. The smallest absolute Gasteiger partial charge is 0.237 e. The lowest BCUT2D eigenvalue weighted by molar-refractivity contribution is -0.115. The van der Waals surface area contributed by atoms with Gasteiger partial charge in [0.2, 0.25) is 5.91 Å². The summed E-state index contributed by atoms with van der Waals surface area (Å²) < 4.78 is 0. The van der Waals surface area contributed by atoms with Gasteiger partial charge in [0.1, 0.15) is 16.2 Å². The molecule has 4 aromatic rings. The number of benzene rings is 2. The van der Waals surface area contributed by atoms with Gasteiger partial charge >= 0.3 is 0 Å². The zero-order valence-corrected chi connectivity index (χ0v) is 18.1. The van der Waals surface area contributed by atoms with Gasteiger partial charge in [-0.3, -0.25) is 4.79 Å². The maximum atomic E-state index is 12.8. The van der Waals surface area contributed by atoms with Gasteiger partial charge in [0, 0.05) is 16.0 Å². The van der Waals surface area contributed by atoms with E-state index in [1.807, 2.05) is 57.2 Å². The van der Waals surface area contributed by atoms with Crippen molar-refractivity contribution in [3.05, 3.63) is 72.1 Å². The van der Waals surface area contributed by atoms with Gasteiger partial charge in [-0.15, -0.1) is 11.3 Å². The molecule has 0 aliphatic carbocycles. The Morgan fingerprint density at radius 3 is 2.66 bits per heavy atom. The maximum Gasteiger partial charge on any atom is 0.237 e. The van der Waals surface area contributed by atoms with E-state index in [9.17, 15) is 4.79 Å². The highest BCUT2D eigenvalue weighted by molar-refractivity contribution is 8.00. The molecule has 1 N–H and O–H groups in total. The minimum atomic E-state index is -0.284. The Morgan fingerprint density at radius 2 is 1.86 bits per heavy atom. The van der Waals surface area contributed by atoms with Crippen LogP contribution in [0, 0.1) is 13.8 Å². The number of carbonyl (C=O) groups excluding carboxylic acids is 1. The van der Waals surface area contributed by atoms with Crippen LogP contribution in [0.3, 0.4) is 0 Å². The van der Waals surface area contributed by atoms with Crippen molar-refractivity contribution in [1.29, 1.82) is 0 Å². The molecule has 0 saturated carbocycles. The highest BCUT2D eigenvalue weighted by Gasteiger charge is 2.19. The van der Waals surface area contributed by atoms with Crippen LogP contribution in [0.25, 0.3) is 20.7 Å². The number of hydrogen-bond donors (Lipinski definition) is 1. The van der Waals surface area contributed by atoms with E-state index >= 15 is 0 Å². The third-order valence-corrected chi connectivity index (χ3v) is 6.87. The van der Waals surface area contributed by atoms with E-state index in [0.29, 0.717) is 0 Å². The molecule has 0 unspecified atom stereocenters. The molecule has 0 aliphatic rings. The average Bonchev–Trinajstić information content (AvgIpc) is 3.17. The molecule has 2 heterocycles. The summed E-state index contributed by atoms with van der Waals surface area (Å²) in [6.07, 6.45) is 1.57. The van der Waals surface area contributed by atoms with E-state index in [0.717, 1.165) is 42.5 Å². The summed E-state index contributed by atoms with van der Waals surface area (Å²) in [5.74, 6) is -0.0334. The van der Waals surface area contributed by atoms with Gasteiger partial charge in [0.05, 0.1) is 5.25 Å². The van der Waals surface area contributed by atoms with Crippen molar-refractivity contribution >= 4 is 44.9 Å². The van der Waals surface area contributed by atoms with Crippen LogP contribution in [0.1, 0.15) is 18.1 Å². The summed E-state index contributed by atoms with van der Waals surface area (Å²) >= 11 is 3.10. The van der Waals surface area contributed by atoms with Gasteiger partial charge in [0.25, 0.3) is 0 Å². The van der Waals surface area contributed by atoms with Crippen molar-refractivity contribution in [1.82, 2.24) is 9.97 Å². The number of hydrogen-bond acceptors (Lipinski definition) is 5. The van der Waals surface area contributed by atoms with E-state index in [1.54, 1.807) is 17.7 Å². The molecule has 1 amide bonds. The quantitative estimate of drug-likeness (QED) is 0.314. The van der Waals surface area contributed by atoms with Crippen molar-refractivity contribution in [3.63, 3.8) is 0 Å². The molecule has 1 atom stereocenters. The molecule has 29 heavy (non-hydrogen) atoms. The summed E-state index contributed by atoms with van der Waals surface area (Å²) in [7, 11) is 0. The first-order valence-electron chi connectivity index (χ1n) is 9.36. The second-order valence-electron chi connectivity index (χ2n) is 6.94. The fourth-order valence-electron chi connectivity index (χ4n) is 3.00. The molecule has 0 fully saturated rings. The van der Waals surface area contributed by atoms with E-state index in [2.05, 4.69) is 33.5 Å². The topological polar surface area (TPSA) is 54.9 Å². The minimum Gasteiger partial charge on any atom is -0.325 e. The number of nitrogens with one attached hydrogen (secondary N) is 1. The number of amides is 1. The van der Waals surface area contributed by atoms with Crippen molar-refractivity contribution in [2.75, 3.05) is 5.32 Å². The minimum absolute atomic E-state index is 0.0334. The predicted molar refractivity (Wildman–Crippen MR) is 123 cm³/mol. The van der Waals surface area contributed by atoms with Crippen LogP contribution in [0.4, 0.5) is 5.69 Å². The number of fused-ring (bicyclic) bond motifs is 1. The lowest BCUT2D eigenvalue weighted by Gasteiger charge is -2.14. The van der Waals surface area contributed by atoms with E-state index < -0.39 is 0 Å². The van der Waals surface area contributed by atoms with Crippen LogP contribution in [0.2, 0.25) is 0 Å². The Labute approximate surface area is 178 Å². The molecule has 0 bridgehead atoms. The lowest BCUT2D eigenvalue weighted by atomic mass is 10.1. The van der Waals surface area contributed by atoms with Crippen LogP contribution in [-0.2, 0) is 4.79 Å². The largest absolute Gasteiger partial charge is 0.325 e. The standard InChI is InChI=1S/C23H21N3OS2/c1-14-9-10-15(2)19(11-14)26-21(27)16(3)28-22-18-12-20(17-7-5-4-6-8-17)29-23(18)25-13-24-22/h4-13,16H,1-3H3,(H,26,27)/t16-/m1/s1. The fraction of sp³-hybridized carbons (Fsp3) is 0.174. The second kappa shape index (κ2) is 8.35. The van der Waals surface area contributed by atoms with Crippen molar-refractivity contribution in [2.45, 2.75) is 31.0 Å². The lowest BCUT2D eigenvalue weighted by Crippen LogP contribution is -2.23. The first kappa shape index (κ1) is 19.6. The van der Waals surface area contributed by atoms with Crippen LogP contribution >= 0.6 is 23.1 Å². The van der Waals surface area contributed by atoms with Gasteiger partial charge in [0.15, 0.2) is 0 Å². The van der Waals surface area contributed by atoms with Crippen LogP contribution in [-0.4, -0.2) is 21.1 Å². The van der Waals surface area contributed by atoms with Crippen LogP contribution < -0.4 is 5.32 Å². The SMILES string of the molecule is Cc1ccc(C)c(NC(=O)[C@@H](C)Sc2ncnc3sc(-c4ccccc4)cc23)c1. The molecule has 2 aromatic heterocycles. The van der Waals surface area contributed by atoms with Crippen molar-refractivity contribution in [3.8, 4) is 10.4 Å². The number of rotatable bonds is 5. The van der Waals surface area contributed by atoms with Gasteiger partial charge in [-0.1, -0.05) is 54.2 Å². The third kappa shape index (κ3) is 4.33. The fourth-order valence-corrected chi connectivity index (χ4v) is 4.96. The highest BCUT2D eigenvalue weighted by Crippen LogP contribution is 2.37. The second-order valence-corrected chi connectivity index (χ2v) is 9.30. The Kier molecular flexibility index (Phi) is 5.65. The Morgan fingerprint density at radius 1 is 1.07 bits per heavy atom. The number of thioether (sulfide) groups is 1. The molecule has 2 aromatic carbocycles. The van der Waals surface area contributed by atoms with E-state index in [1.165, 1.54) is 11.8 Å². The van der Waals surface area contributed by atoms with Crippen molar-refractivity contribution < 1.29 is 4.79 Å². The summed E-state index contributed by atoms with van der Waals surface area (Å²) in [6.45, 7) is 5.92. The average molecular weight is 420 g/mol. The van der Waals surface area contributed by atoms with Gasteiger partial charge in [-0.05, 0) is 49.6 Å². The predicted octanol–water partition coefficient (Wildman–Crippen LogP) is 6.09. The zero-order chi connectivity index (χ0) is 20.4. The third-order valence-electron chi connectivity index (χ3n) is 4.66. The molecule has 4 nitrogen and oxygen atoms in total. The van der Waals surface area contributed by atoms with Gasteiger partial charge < -0.3 is 5.32 Å². The summed E-state index contributed by atoms with van der Waals surface area (Å²) in [5, 5.41) is 4.59. The van der Waals surface area contributed by atoms with Crippen LogP contribution in [0.15, 0.2) is 66.0 Å². The normalized spacial score (nSPS) is 12.1. The first-order chi connectivity index (χ1) is 14.0. The summed E-state index contributed by atoms with van der Waals surface area (Å²) in [6, 6.07) is 18.4.